The average Bonchev–Trinajstić information content (AvgIpc) is 3.11. The van der Waals surface area contributed by atoms with Crippen LogP contribution < -0.4 is 5.73 Å². The molecule has 2 unspecified atom stereocenters. The number of hydrogen-bond acceptors (Lipinski definition) is 2. The lowest BCUT2D eigenvalue weighted by molar-refractivity contribution is -0.134. The monoisotopic (exact) mass is 302 g/mol. The quantitative estimate of drug-likeness (QED) is 0.851. The first-order chi connectivity index (χ1) is 10.2. The van der Waals surface area contributed by atoms with Crippen LogP contribution in [0.1, 0.15) is 43.6 Å². The van der Waals surface area contributed by atoms with E-state index < -0.39 is 0 Å². The van der Waals surface area contributed by atoms with Gasteiger partial charge in [-0.15, -0.1) is 0 Å². The first kappa shape index (κ1) is 14.5. The zero-order chi connectivity index (χ0) is 14.8. The van der Waals surface area contributed by atoms with Crippen molar-refractivity contribution in [2.24, 2.45) is 11.7 Å². The molecule has 0 saturated heterocycles. The van der Waals surface area contributed by atoms with Gasteiger partial charge in [-0.1, -0.05) is 55.4 Å². The third-order valence-corrected chi connectivity index (χ3v) is 4.84. The van der Waals surface area contributed by atoms with Crippen molar-refractivity contribution in [2.45, 2.75) is 44.1 Å². The van der Waals surface area contributed by atoms with Gasteiger partial charge in [-0.2, -0.15) is 0 Å². The van der Waals surface area contributed by atoms with Crippen molar-refractivity contribution < 1.29 is 4.79 Å². The summed E-state index contributed by atoms with van der Waals surface area (Å²) in [6.45, 7) is 0.441. The van der Waals surface area contributed by atoms with Crippen LogP contribution in [0.2, 0.25) is 0 Å². The maximum Gasteiger partial charge on any atom is 0.226 e. The number of nitrogens with zero attached hydrogens (tertiary/aromatic N) is 1. The Morgan fingerprint density at radius 1 is 1.24 bits per heavy atom. The summed E-state index contributed by atoms with van der Waals surface area (Å²) in [4.78, 5) is 15.2. The molecule has 1 aromatic rings. The zero-order valence-electron chi connectivity index (χ0n) is 12.2. The van der Waals surface area contributed by atoms with Crippen LogP contribution in [0.25, 0.3) is 0 Å². The molecular formula is C17H22N2OS. The molecule has 1 aromatic carbocycles. The Morgan fingerprint density at radius 2 is 1.90 bits per heavy atom. The highest BCUT2D eigenvalue weighted by Crippen LogP contribution is 2.48. The number of carbonyl (C=O) groups is 1. The van der Waals surface area contributed by atoms with Gasteiger partial charge in [0.25, 0.3) is 0 Å². The molecule has 2 atom stereocenters. The second-order valence-corrected chi connectivity index (χ2v) is 6.75. The van der Waals surface area contributed by atoms with Crippen LogP contribution in [0, 0.1) is 5.92 Å². The second-order valence-electron chi connectivity index (χ2n) is 6.23. The maximum atomic E-state index is 12.8. The summed E-state index contributed by atoms with van der Waals surface area (Å²) in [5.41, 5.74) is 6.98. The normalized spacial score (nSPS) is 24.8. The minimum atomic E-state index is 0.127. The number of hydrogen-bond donors (Lipinski definition) is 1. The number of thiocarbonyl (C=S) groups is 1. The first-order valence-corrected chi connectivity index (χ1v) is 8.21. The van der Waals surface area contributed by atoms with E-state index in [0.717, 1.165) is 19.3 Å². The topological polar surface area (TPSA) is 46.3 Å². The third-order valence-electron chi connectivity index (χ3n) is 4.71. The second kappa shape index (κ2) is 6.14. The Balaban J connectivity index is 1.69. The fourth-order valence-corrected chi connectivity index (χ4v) is 3.66. The molecule has 21 heavy (non-hydrogen) atoms. The number of benzene rings is 1. The fraction of sp³-hybridized carbons (Fsp3) is 0.529. The van der Waals surface area contributed by atoms with Gasteiger partial charge in [0.2, 0.25) is 5.91 Å². The lowest BCUT2D eigenvalue weighted by atomic mass is 10.1. The molecule has 2 fully saturated rings. The van der Waals surface area contributed by atoms with E-state index in [9.17, 15) is 4.79 Å². The lowest BCUT2D eigenvalue weighted by Crippen LogP contribution is -2.44. The van der Waals surface area contributed by atoms with Crippen molar-refractivity contribution >= 4 is 23.1 Å². The highest BCUT2D eigenvalue weighted by Gasteiger charge is 2.47. The van der Waals surface area contributed by atoms with E-state index in [1.807, 2.05) is 23.1 Å². The number of carbonyl (C=O) groups excluding carboxylic acids is 1. The van der Waals surface area contributed by atoms with Gasteiger partial charge in [-0.05, 0) is 30.7 Å². The van der Waals surface area contributed by atoms with Crippen molar-refractivity contribution in [3.05, 3.63) is 35.9 Å². The van der Waals surface area contributed by atoms with E-state index in [1.54, 1.807) is 0 Å². The Kier molecular flexibility index (Phi) is 4.24. The van der Waals surface area contributed by atoms with E-state index in [-0.39, 0.29) is 11.8 Å². The Labute approximate surface area is 131 Å². The van der Waals surface area contributed by atoms with Crippen LogP contribution in [0.5, 0.6) is 0 Å². The molecule has 112 valence electrons. The van der Waals surface area contributed by atoms with Crippen LogP contribution >= 0.6 is 12.2 Å². The molecule has 0 radical (unpaired) electrons. The summed E-state index contributed by atoms with van der Waals surface area (Å²) in [6.07, 6.45) is 5.56. The summed E-state index contributed by atoms with van der Waals surface area (Å²) in [6, 6.07) is 10.7. The maximum absolute atomic E-state index is 12.8. The molecule has 0 spiro atoms. The standard InChI is InChI=1S/C17H22N2OS/c18-16(21)11-19(13-8-4-5-9-13)17(20)15-10-14(15)12-6-2-1-3-7-12/h1-3,6-7,13-15H,4-5,8-11H2,(H2,18,21). The van der Waals surface area contributed by atoms with Crippen molar-refractivity contribution in [3.63, 3.8) is 0 Å². The third kappa shape index (κ3) is 3.26. The summed E-state index contributed by atoms with van der Waals surface area (Å²) in [5, 5.41) is 0. The van der Waals surface area contributed by atoms with Crippen LogP contribution in [0.3, 0.4) is 0 Å². The predicted molar refractivity (Wildman–Crippen MR) is 88.0 cm³/mol. The van der Waals surface area contributed by atoms with E-state index in [0.29, 0.717) is 23.5 Å². The number of rotatable bonds is 5. The number of nitrogens with two attached hydrogens (primary N) is 1. The van der Waals surface area contributed by atoms with E-state index in [1.165, 1.54) is 18.4 Å². The Bertz CT molecular complexity index is 525. The van der Waals surface area contributed by atoms with Gasteiger partial charge in [0.05, 0.1) is 11.5 Å². The molecule has 2 N–H and O–H groups in total. The summed E-state index contributed by atoms with van der Waals surface area (Å²) in [7, 11) is 0. The Morgan fingerprint density at radius 3 is 2.52 bits per heavy atom. The van der Waals surface area contributed by atoms with E-state index in [4.69, 9.17) is 18.0 Å². The molecule has 2 saturated carbocycles. The largest absolute Gasteiger partial charge is 0.392 e. The van der Waals surface area contributed by atoms with Gasteiger partial charge in [0, 0.05) is 12.0 Å². The van der Waals surface area contributed by atoms with Gasteiger partial charge >= 0.3 is 0 Å². The SMILES string of the molecule is NC(=S)CN(C(=O)C1CC1c1ccccc1)C1CCCC1. The highest BCUT2D eigenvalue weighted by atomic mass is 32.1. The van der Waals surface area contributed by atoms with Gasteiger partial charge in [-0.25, -0.2) is 0 Å². The summed E-state index contributed by atoms with van der Waals surface area (Å²) in [5.74, 6) is 0.764. The molecule has 0 heterocycles. The first-order valence-electron chi connectivity index (χ1n) is 7.80. The molecule has 2 aliphatic rings. The fourth-order valence-electron chi connectivity index (χ4n) is 3.52. The van der Waals surface area contributed by atoms with Crippen molar-refractivity contribution in [2.75, 3.05) is 6.54 Å². The van der Waals surface area contributed by atoms with Crippen LogP contribution in [0.4, 0.5) is 0 Å². The highest BCUT2D eigenvalue weighted by molar-refractivity contribution is 7.80. The molecule has 4 heteroatoms. The molecule has 1 amide bonds. The predicted octanol–water partition coefficient (Wildman–Crippen LogP) is 2.85. The molecule has 0 aliphatic heterocycles. The van der Waals surface area contributed by atoms with Crippen LogP contribution in [-0.4, -0.2) is 28.4 Å². The molecule has 3 nitrogen and oxygen atoms in total. The molecule has 2 aliphatic carbocycles. The van der Waals surface area contributed by atoms with E-state index in [2.05, 4.69) is 12.1 Å². The smallest absolute Gasteiger partial charge is 0.226 e. The van der Waals surface area contributed by atoms with Crippen LogP contribution in [-0.2, 0) is 4.79 Å². The van der Waals surface area contributed by atoms with Crippen molar-refractivity contribution in [1.82, 2.24) is 4.90 Å². The average molecular weight is 302 g/mol. The van der Waals surface area contributed by atoms with E-state index >= 15 is 0 Å². The summed E-state index contributed by atoms with van der Waals surface area (Å²) >= 11 is 5.04. The van der Waals surface area contributed by atoms with Crippen LogP contribution in [0.15, 0.2) is 30.3 Å². The minimum absolute atomic E-state index is 0.127. The number of amides is 1. The lowest BCUT2D eigenvalue weighted by Gasteiger charge is -2.29. The zero-order valence-corrected chi connectivity index (χ0v) is 13.0. The molecule has 0 bridgehead atoms. The molecule has 3 rings (SSSR count). The van der Waals surface area contributed by atoms with Crippen molar-refractivity contribution in [3.8, 4) is 0 Å². The minimum Gasteiger partial charge on any atom is -0.392 e. The van der Waals surface area contributed by atoms with Gasteiger partial charge in [0.15, 0.2) is 0 Å². The molecule has 0 aromatic heterocycles. The Hall–Kier alpha value is -1.42. The van der Waals surface area contributed by atoms with Gasteiger partial charge < -0.3 is 10.6 Å². The molecular weight excluding hydrogens is 280 g/mol. The summed E-state index contributed by atoms with van der Waals surface area (Å²) < 4.78 is 0. The van der Waals surface area contributed by atoms with Gasteiger partial charge in [-0.3, -0.25) is 4.79 Å². The van der Waals surface area contributed by atoms with Gasteiger partial charge in [0.1, 0.15) is 0 Å². The van der Waals surface area contributed by atoms with Crippen molar-refractivity contribution in [1.29, 1.82) is 0 Å².